The molecule has 0 bridgehead atoms. The van der Waals surface area contributed by atoms with Gasteiger partial charge in [0.05, 0.1) is 5.70 Å². The molecule has 1 aromatic rings. The van der Waals surface area contributed by atoms with E-state index in [0.717, 1.165) is 11.3 Å². The number of nitrogens with two attached hydrogens (primary N) is 1. The lowest BCUT2D eigenvalue weighted by atomic mass is 10.1. The maximum atomic E-state index is 6.01. The van der Waals surface area contributed by atoms with Gasteiger partial charge in [0.15, 0.2) is 0 Å². The van der Waals surface area contributed by atoms with Crippen LogP contribution in [0.4, 0.5) is 5.69 Å². The molecule has 0 amide bonds. The van der Waals surface area contributed by atoms with Gasteiger partial charge in [-0.15, -0.1) is 0 Å². The summed E-state index contributed by atoms with van der Waals surface area (Å²) >= 11 is 6.01. The van der Waals surface area contributed by atoms with Gasteiger partial charge in [0.2, 0.25) is 0 Å². The predicted octanol–water partition coefficient (Wildman–Crippen LogP) is 2.74. The summed E-state index contributed by atoms with van der Waals surface area (Å²) in [7, 11) is 1.79. The van der Waals surface area contributed by atoms with Gasteiger partial charge in [-0.25, -0.2) is 0 Å². The van der Waals surface area contributed by atoms with Crippen molar-refractivity contribution in [2.75, 3.05) is 12.8 Å². The molecule has 80 valence electrons. The van der Waals surface area contributed by atoms with E-state index in [4.69, 9.17) is 17.3 Å². The summed E-state index contributed by atoms with van der Waals surface area (Å²) in [6, 6.07) is 7.48. The first kappa shape index (κ1) is 11.6. The molecule has 2 N–H and O–H groups in total. The molecule has 0 radical (unpaired) electrons. The first-order valence-corrected chi connectivity index (χ1v) is 4.86. The lowest BCUT2D eigenvalue weighted by molar-refractivity contribution is 0.520. The number of rotatable bonds is 3. The Labute approximate surface area is 94.8 Å². The molecular formula is C11H14ClN3. The van der Waals surface area contributed by atoms with Crippen molar-refractivity contribution >= 4 is 29.7 Å². The SMILES string of the molecule is C=NN(C)/C(=C(\C)Cl)c1cccc(N)c1. The fourth-order valence-electron chi connectivity index (χ4n) is 1.37. The van der Waals surface area contributed by atoms with Gasteiger partial charge >= 0.3 is 0 Å². The van der Waals surface area contributed by atoms with Gasteiger partial charge in [-0.3, -0.25) is 5.01 Å². The lowest BCUT2D eigenvalue weighted by Crippen LogP contribution is -2.10. The van der Waals surface area contributed by atoms with E-state index in [1.807, 2.05) is 31.2 Å². The zero-order valence-electron chi connectivity index (χ0n) is 8.87. The normalized spacial score (nSPS) is 11.9. The van der Waals surface area contributed by atoms with E-state index in [-0.39, 0.29) is 0 Å². The molecule has 0 atom stereocenters. The summed E-state index contributed by atoms with van der Waals surface area (Å²) in [5.41, 5.74) is 8.14. The second-order valence-corrected chi connectivity index (χ2v) is 3.74. The van der Waals surface area contributed by atoms with Crippen molar-refractivity contribution in [3.8, 4) is 0 Å². The number of halogens is 1. The highest BCUT2D eigenvalue weighted by atomic mass is 35.5. The highest BCUT2D eigenvalue weighted by molar-refractivity contribution is 6.32. The van der Waals surface area contributed by atoms with Gasteiger partial charge in [-0.2, -0.15) is 5.10 Å². The van der Waals surface area contributed by atoms with Crippen molar-refractivity contribution in [2.45, 2.75) is 6.92 Å². The van der Waals surface area contributed by atoms with Crippen molar-refractivity contribution in [2.24, 2.45) is 5.10 Å². The Morgan fingerprint density at radius 1 is 1.53 bits per heavy atom. The number of anilines is 1. The molecule has 0 heterocycles. The average Bonchev–Trinajstić information content (AvgIpc) is 2.17. The fraction of sp³-hybridized carbons (Fsp3) is 0.182. The van der Waals surface area contributed by atoms with Crippen LogP contribution in [0.15, 0.2) is 34.4 Å². The molecular weight excluding hydrogens is 210 g/mol. The Morgan fingerprint density at radius 3 is 2.67 bits per heavy atom. The Morgan fingerprint density at radius 2 is 2.20 bits per heavy atom. The van der Waals surface area contributed by atoms with Gasteiger partial charge in [-0.05, 0) is 19.1 Å². The van der Waals surface area contributed by atoms with Crippen LogP contribution in [-0.2, 0) is 0 Å². The average molecular weight is 224 g/mol. The standard InChI is InChI=1S/C11H14ClN3/c1-8(12)11(15(3)14-2)9-5-4-6-10(13)7-9/h4-7H,2,13H2,1,3H3/b11-8+. The monoisotopic (exact) mass is 223 g/mol. The minimum Gasteiger partial charge on any atom is -0.399 e. The van der Waals surface area contributed by atoms with Crippen molar-refractivity contribution in [1.82, 2.24) is 5.01 Å². The van der Waals surface area contributed by atoms with Crippen LogP contribution in [0, 0.1) is 0 Å². The van der Waals surface area contributed by atoms with Crippen molar-refractivity contribution in [3.05, 3.63) is 34.9 Å². The number of allylic oxidation sites excluding steroid dienone is 1. The Kier molecular flexibility index (Phi) is 3.74. The van der Waals surface area contributed by atoms with E-state index in [1.54, 1.807) is 12.1 Å². The second-order valence-electron chi connectivity index (χ2n) is 3.17. The van der Waals surface area contributed by atoms with Crippen LogP contribution in [0.1, 0.15) is 12.5 Å². The van der Waals surface area contributed by atoms with E-state index in [2.05, 4.69) is 11.8 Å². The lowest BCUT2D eigenvalue weighted by Gasteiger charge is -2.18. The van der Waals surface area contributed by atoms with E-state index >= 15 is 0 Å². The Balaban J connectivity index is 3.23. The summed E-state index contributed by atoms with van der Waals surface area (Å²) in [4.78, 5) is 0. The zero-order chi connectivity index (χ0) is 11.4. The summed E-state index contributed by atoms with van der Waals surface area (Å²) in [5, 5.41) is 6.09. The first-order chi connectivity index (χ1) is 7.06. The van der Waals surface area contributed by atoms with Gasteiger partial charge in [-0.1, -0.05) is 23.7 Å². The second kappa shape index (κ2) is 4.84. The predicted molar refractivity (Wildman–Crippen MR) is 66.6 cm³/mol. The van der Waals surface area contributed by atoms with Crippen LogP contribution >= 0.6 is 11.6 Å². The molecule has 0 aliphatic carbocycles. The van der Waals surface area contributed by atoms with Gasteiger partial charge in [0, 0.05) is 30.0 Å². The largest absolute Gasteiger partial charge is 0.399 e. The van der Waals surface area contributed by atoms with E-state index in [9.17, 15) is 0 Å². The molecule has 0 saturated carbocycles. The number of hydrazone groups is 1. The van der Waals surface area contributed by atoms with Crippen LogP contribution in [-0.4, -0.2) is 18.8 Å². The molecule has 1 aromatic carbocycles. The maximum Gasteiger partial charge on any atom is 0.0805 e. The topological polar surface area (TPSA) is 41.6 Å². The van der Waals surface area contributed by atoms with Crippen LogP contribution < -0.4 is 5.73 Å². The van der Waals surface area contributed by atoms with Crippen LogP contribution in [0.5, 0.6) is 0 Å². The van der Waals surface area contributed by atoms with Crippen molar-refractivity contribution in [3.63, 3.8) is 0 Å². The first-order valence-electron chi connectivity index (χ1n) is 4.49. The molecule has 0 aromatic heterocycles. The number of hydrogen-bond acceptors (Lipinski definition) is 3. The van der Waals surface area contributed by atoms with E-state index in [0.29, 0.717) is 10.7 Å². The smallest absolute Gasteiger partial charge is 0.0805 e. The van der Waals surface area contributed by atoms with Crippen LogP contribution in [0.25, 0.3) is 5.70 Å². The maximum absolute atomic E-state index is 6.01. The fourth-order valence-corrected chi connectivity index (χ4v) is 1.60. The van der Waals surface area contributed by atoms with Crippen molar-refractivity contribution in [1.29, 1.82) is 0 Å². The molecule has 1 rings (SSSR count). The third-order valence-electron chi connectivity index (χ3n) is 2.02. The van der Waals surface area contributed by atoms with E-state index in [1.165, 1.54) is 0 Å². The molecule has 0 saturated heterocycles. The van der Waals surface area contributed by atoms with Gasteiger partial charge < -0.3 is 5.73 Å². The summed E-state index contributed by atoms with van der Waals surface area (Å²) in [5.74, 6) is 0. The Bertz CT molecular complexity index is 395. The third-order valence-corrected chi connectivity index (χ3v) is 2.20. The molecule has 0 unspecified atom stereocenters. The quantitative estimate of drug-likeness (QED) is 0.486. The van der Waals surface area contributed by atoms with Crippen LogP contribution in [0.2, 0.25) is 0 Å². The van der Waals surface area contributed by atoms with Crippen molar-refractivity contribution < 1.29 is 0 Å². The molecule has 15 heavy (non-hydrogen) atoms. The number of nitrogen functional groups attached to an aromatic ring is 1. The molecule has 0 fully saturated rings. The molecule has 0 aliphatic rings. The molecule has 4 heteroatoms. The molecule has 0 aliphatic heterocycles. The minimum absolute atomic E-state index is 0.649. The highest BCUT2D eigenvalue weighted by Crippen LogP contribution is 2.25. The summed E-state index contributed by atoms with van der Waals surface area (Å²) in [6.45, 7) is 5.27. The number of hydrogen-bond donors (Lipinski definition) is 1. The number of nitrogens with zero attached hydrogens (tertiary/aromatic N) is 2. The highest BCUT2D eigenvalue weighted by Gasteiger charge is 2.09. The van der Waals surface area contributed by atoms with Crippen LogP contribution in [0.3, 0.4) is 0 Å². The number of benzene rings is 1. The van der Waals surface area contributed by atoms with Gasteiger partial charge in [0.25, 0.3) is 0 Å². The Hall–Kier alpha value is -1.48. The molecule has 0 spiro atoms. The zero-order valence-corrected chi connectivity index (χ0v) is 9.62. The van der Waals surface area contributed by atoms with Gasteiger partial charge in [0.1, 0.15) is 0 Å². The minimum atomic E-state index is 0.649. The van der Waals surface area contributed by atoms with E-state index < -0.39 is 0 Å². The molecule has 3 nitrogen and oxygen atoms in total. The third kappa shape index (κ3) is 2.73. The summed E-state index contributed by atoms with van der Waals surface area (Å²) in [6.07, 6.45) is 0. The summed E-state index contributed by atoms with van der Waals surface area (Å²) < 4.78 is 0.